The molecule has 2 aromatic rings. The Balaban J connectivity index is 1.88. The van der Waals surface area contributed by atoms with Crippen LogP contribution in [-0.2, 0) is 13.0 Å². The van der Waals surface area contributed by atoms with Crippen LogP contribution < -0.4 is 10.6 Å². The summed E-state index contributed by atoms with van der Waals surface area (Å²) < 4.78 is 5.43. The first kappa shape index (κ1) is 19.4. The Morgan fingerprint density at radius 3 is 2.72 bits per heavy atom. The molecule has 2 aromatic heterocycles. The van der Waals surface area contributed by atoms with Crippen LogP contribution >= 0.6 is 11.3 Å². The lowest BCUT2D eigenvalue weighted by Crippen LogP contribution is -2.38. The second-order valence-corrected chi connectivity index (χ2v) is 7.29. The Hall–Kier alpha value is -1.89. The van der Waals surface area contributed by atoms with Crippen LogP contribution in [0.15, 0.2) is 21.8 Å². The monoisotopic (exact) mass is 363 g/mol. The van der Waals surface area contributed by atoms with Crippen LogP contribution in [0, 0.1) is 6.92 Å². The third kappa shape index (κ3) is 6.16. The molecule has 0 fully saturated rings. The first-order valence-electron chi connectivity index (χ1n) is 9.05. The van der Waals surface area contributed by atoms with Gasteiger partial charge in [0.25, 0.3) is 0 Å². The Bertz CT molecular complexity index is 660. The van der Waals surface area contributed by atoms with E-state index in [1.54, 1.807) is 11.3 Å². The van der Waals surface area contributed by atoms with E-state index in [9.17, 15) is 0 Å². The van der Waals surface area contributed by atoms with E-state index in [0.717, 1.165) is 54.8 Å². The van der Waals surface area contributed by atoms with E-state index in [2.05, 4.69) is 53.5 Å². The summed E-state index contributed by atoms with van der Waals surface area (Å²) in [5.41, 5.74) is 1.03. The van der Waals surface area contributed by atoms with Crippen molar-refractivity contribution in [3.8, 4) is 0 Å². The number of rotatable bonds is 9. The van der Waals surface area contributed by atoms with Gasteiger partial charge in [0.15, 0.2) is 11.7 Å². The molecular formula is C18H29N5OS. The third-order valence-electron chi connectivity index (χ3n) is 4.02. The minimum atomic E-state index is 0.467. The lowest BCUT2D eigenvalue weighted by atomic mass is 9.99. The maximum Gasteiger partial charge on any atom is 0.191 e. The summed E-state index contributed by atoms with van der Waals surface area (Å²) in [6.07, 6.45) is 4.96. The molecule has 0 saturated heterocycles. The Morgan fingerprint density at radius 1 is 1.28 bits per heavy atom. The zero-order chi connectivity index (χ0) is 18.1. The Kier molecular flexibility index (Phi) is 7.91. The average molecular weight is 364 g/mol. The molecule has 2 heterocycles. The van der Waals surface area contributed by atoms with Crippen LogP contribution in [0.25, 0.3) is 0 Å². The molecule has 0 unspecified atom stereocenters. The van der Waals surface area contributed by atoms with Gasteiger partial charge in [-0.3, -0.25) is 0 Å². The normalized spacial score (nSPS) is 12.0. The summed E-state index contributed by atoms with van der Waals surface area (Å²) in [4.78, 5) is 10.2. The van der Waals surface area contributed by atoms with Gasteiger partial charge in [-0.15, -0.1) is 11.3 Å². The van der Waals surface area contributed by atoms with Gasteiger partial charge in [-0.05, 0) is 26.7 Å². The van der Waals surface area contributed by atoms with E-state index in [1.807, 2.05) is 12.3 Å². The second kappa shape index (κ2) is 10.2. The molecule has 6 nitrogen and oxygen atoms in total. The highest BCUT2D eigenvalue weighted by Crippen LogP contribution is 2.22. The topological polar surface area (TPSA) is 75.3 Å². The van der Waals surface area contributed by atoms with E-state index in [-0.39, 0.29) is 0 Å². The molecule has 0 aliphatic carbocycles. The average Bonchev–Trinajstić information content (AvgIpc) is 3.23. The Labute approximate surface area is 154 Å². The minimum absolute atomic E-state index is 0.467. The van der Waals surface area contributed by atoms with Gasteiger partial charge >= 0.3 is 0 Å². The van der Waals surface area contributed by atoms with E-state index in [1.165, 1.54) is 4.88 Å². The summed E-state index contributed by atoms with van der Waals surface area (Å²) >= 11 is 1.74. The second-order valence-electron chi connectivity index (χ2n) is 5.97. The SMILES string of the molecule is CCNC(=NCc1cc(C(CC)CC)no1)NCCc1ncc(C)s1. The summed E-state index contributed by atoms with van der Waals surface area (Å²) in [5, 5.41) is 11.9. The van der Waals surface area contributed by atoms with Crippen molar-refractivity contribution in [2.75, 3.05) is 13.1 Å². The predicted molar refractivity (Wildman–Crippen MR) is 103 cm³/mol. The summed E-state index contributed by atoms with van der Waals surface area (Å²) in [5.74, 6) is 2.06. The van der Waals surface area contributed by atoms with Gasteiger partial charge in [-0.2, -0.15) is 0 Å². The fraction of sp³-hybridized carbons (Fsp3) is 0.611. The van der Waals surface area contributed by atoms with Crippen LogP contribution in [0.1, 0.15) is 60.9 Å². The molecule has 0 amide bonds. The first-order chi connectivity index (χ1) is 12.2. The lowest BCUT2D eigenvalue weighted by molar-refractivity contribution is 0.372. The molecule has 0 atom stereocenters. The van der Waals surface area contributed by atoms with Gasteiger partial charge in [-0.25, -0.2) is 9.98 Å². The van der Waals surface area contributed by atoms with Crippen LogP contribution in [-0.4, -0.2) is 29.2 Å². The number of thiazole rings is 1. The van der Waals surface area contributed by atoms with Crippen molar-refractivity contribution >= 4 is 17.3 Å². The molecule has 7 heteroatoms. The Morgan fingerprint density at radius 2 is 2.08 bits per heavy atom. The molecule has 0 aliphatic rings. The maximum absolute atomic E-state index is 5.43. The maximum atomic E-state index is 5.43. The van der Waals surface area contributed by atoms with E-state index in [0.29, 0.717) is 12.5 Å². The highest BCUT2D eigenvalue weighted by Gasteiger charge is 2.12. The lowest BCUT2D eigenvalue weighted by Gasteiger charge is -2.10. The molecule has 25 heavy (non-hydrogen) atoms. The number of hydrogen-bond acceptors (Lipinski definition) is 5. The van der Waals surface area contributed by atoms with Gasteiger partial charge in [0, 0.05) is 42.6 Å². The van der Waals surface area contributed by atoms with E-state index in [4.69, 9.17) is 4.52 Å². The zero-order valence-corrected chi connectivity index (χ0v) is 16.4. The highest BCUT2D eigenvalue weighted by atomic mass is 32.1. The number of aliphatic imine (C=N–C) groups is 1. The molecule has 0 aliphatic heterocycles. The van der Waals surface area contributed by atoms with Crippen molar-refractivity contribution in [3.05, 3.63) is 33.6 Å². The molecule has 2 rings (SSSR count). The summed E-state index contributed by atoms with van der Waals surface area (Å²) in [6, 6.07) is 2.03. The summed E-state index contributed by atoms with van der Waals surface area (Å²) in [6.45, 7) is 10.6. The first-order valence-corrected chi connectivity index (χ1v) is 9.86. The number of aromatic nitrogens is 2. The van der Waals surface area contributed by atoms with Gasteiger partial charge in [0.05, 0.1) is 10.7 Å². The highest BCUT2D eigenvalue weighted by molar-refractivity contribution is 7.11. The minimum Gasteiger partial charge on any atom is -0.359 e. The number of guanidine groups is 1. The van der Waals surface area contributed by atoms with E-state index >= 15 is 0 Å². The van der Waals surface area contributed by atoms with Crippen LogP contribution in [0.3, 0.4) is 0 Å². The molecular weight excluding hydrogens is 334 g/mol. The van der Waals surface area contributed by atoms with Gasteiger partial charge in [0.2, 0.25) is 0 Å². The van der Waals surface area contributed by atoms with Crippen LogP contribution in [0.4, 0.5) is 0 Å². The smallest absolute Gasteiger partial charge is 0.191 e. The standard InChI is InChI=1S/C18H29N5OS/c1-5-14(6-2)16-10-15(24-23-16)12-22-18(19-7-3)20-9-8-17-21-11-13(4)25-17/h10-11,14H,5-9,12H2,1-4H3,(H2,19,20,22). The number of aryl methyl sites for hydroxylation is 1. The van der Waals surface area contributed by atoms with Crippen molar-refractivity contribution in [3.63, 3.8) is 0 Å². The summed E-state index contributed by atoms with van der Waals surface area (Å²) in [7, 11) is 0. The van der Waals surface area contributed by atoms with Gasteiger partial charge in [0.1, 0.15) is 6.54 Å². The fourth-order valence-corrected chi connectivity index (χ4v) is 3.39. The largest absolute Gasteiger partial charge is 0.359 e. The quantitative estimate of drug-likeness (QED) is 0.525. The predicted octanol–water partition coefficient (Wildman–Crippen LogP) is 3.64. The molecule has 0 bridgehead atoms. The fourth-order valence-electron chi connectivity index (χ4n) is 2.61. The molecule has 138 valence electrons. The van der Waals surface area contributed by atoms with Crippen molar-refractivity contribution in [1.82, 2.24) is 20.8 Å². The van der Waals surface area contributed by atoms with Gasteiger partial charge in [-0.1, -0.05) is 19.0 Å². The molecule has 2 N–H and O–H groups in total. The van der Waals surface area contributed by atoms with Gasteiger partial charge < -0.3 is 15.2 Å². The van der Waals surface area contributed by atoms with Crippen molar-refractivity contribution in [1.29, 1.82) is 0 Å². The number of hydrogen-bond donors (Lipinski definition) is 2. The molecule has 0 saturated carbocycles. The van der Waals surface area contributed by atoms with Crippen molar-refractivity contribution in [2.45, 2.75) is 59.4 Å². The molecule has 0 radical (unpaired) electrons. The third-order valence-corrected chi connectivity index (χ3v) is 4.99. The zero-order valence-electron chi connectivity index (χ0n) is 15.6. The molecule has 0 aromatic carbocycles. The van der Waals surface area contributed by atoms with Crippen molar-refractivity contribution < 1.29 is 4.52 Å². The van der Waals surface area contributed by atoms with Crippen LogP contribution in [0.5, 0.6) is 0 Å². The van der Waals surface area contributed by atoms with E-state index < -0.39 is 0 Å². The number of nitrogens with one attached hydrogen (secondary N) is 2. The molecule has 0 spiro atoms. The van der Waals surface area contributed by atoms with Crippen LogP contribution in [0.2, 0.25) is 0 Å². The number of nitrogens with zero attached hydrogens (tertiary/aromatic N) is 3. The van der Waals surface area contributed by atoms with Crippen molar-refractivity contribution in [2.24, 2.45) is 4.99 Å².